The first kappa shape index (κ1) is 20.7. The number of amides is 2. The van der Waals surface area contributed by atoms with E-state index in [0.29, 0.717) is 33.2 Å². The number of anilines is 1. The zero-order chi connectivity index (χ0) is 21.4. The van der Waals surface area contributed by atoms with E-state index >= 15 is 0 Å². The third-order valence-electron chi connectivity index (χ3n) is 7.32. The lowest BCUT2D eigenvalue weighted by Crippen LogP contribution is -2.63. The Balaban J connectivity index is 1.46. The summed E-state index contributed by atoms with van der Waals surface area (Å²) < 4.78 is 0.575. The monoisotopic (exact) mass is 438 g/mol. The van der Waals surface area contributed by atoms with Gasteiger partial charge >= 0.3 is 5.91 Å². The maximum absolute atomic E-state index is 14.0. The number of benzene rings is 2. The minimum Gasteiger partial charge on any atom is -0.316 e. The summed E-state index contributed by atoms with van der Waals surface area (Å²) in [4.78, 5) is 28.8. The van der Waals surface area contributed by atoms with Crippen molar-refractivity contribution in [3.8, 4) is 0 Å². The number of carbonyl (C=O) groups is 2. The Kier molecular flexibility index (Phi) is 5.59. The SMILES string of the molecule is O=C1c2c(Cl)cccc2CN1c1cccc(C(=O)[N+]2(C3CCNCC3)CCCCC2)c1. The van der Waals surface area contributed by atoms with Crippen LogP contribution in [0.5, 0.6) is 0 Å². The van der Waals surface area contributed by atoms with E-state index in [4.69, 9.17) is 11.6 Å². The molecule has 0 saturated carbocycles. The summed E-state index contributed by atoms with van der Waals surface area (Å²) >= 11 is 6.30. The lowest BCUT2D eigenvalue weighted by Gasteiger charge is -2.46. The second-order valence-electron chi connectivity index (χ2n) is 9.04. The van der Waals surface area contributed by atoms with Gasteiger partial charge in [-0.1, -0.05) is 29.8 Å². The Morgan fingerprint density at radius 2 is 1.77 bits per heavy atom. The van der Waals surface area contributed by atoms with Crippen molar-refractivity contribution in [3.05, 3.63) is 64.2 Å². The van der Waals surface area contributed by atoms with Gasteiger partial charge in [-0.2, -0.15) is 0 Å². The number of piperidine rings is 2. The van der Waals surface area contributed by atoms with E-state index in [0.717, 1.165) is 63.1 Å². The van der Waals surface area contributed by atoms with E-state index in [1.807, 2.05) is 36.4 Å². The van der Waals surface area contributed by atoms with Crippen LogP contribution in [-0.4, -0.2) is 48.5 Å². The van der Waals surface area contributed by atoms with Crippen molar-refractivity contribution in [2.45, 2.75) is 44.7 Å². The third kappa shape index (κ3) is 3.59. The molecule has 0 atom stereocenters. The van der Waals surface area contributed by atoms with E-state index in [2.05, 4.69) is 5.32 Å². The first-order chi connectivity index (χ1) is 15.1. The van der Waals surface area contributed by atoms with Crippen LogP contribution >= 0.6 is 11.6 Å². The average Bonchev–Trinajstić information content (AvgIpc) is 3.17. The normalized spacial score (nSPS) is 21.2. The number of likely N-dealkylation sites (tertiary alicyclic amines) is 1. The number of halogens is 1. The molecule has 3 heterocycles. The Bertz CT molecular complexity index is 1010. The summed E-state index contributed by atoms with van der Waals surface area (Å²) in [6.07, 6.45) is 5.51. The summed E-state index contributed by atoms with van der Waals surface area (Å²) in [6.45, 7) is 4.31. The zero-order valence-corrected chi connectivity index (χ0v) is 18.5. The molecule has 2 saturated heterocycles. The largest absolute Gasteiger partial charge is 0.346 e. The summed E-state index contributed by atoms with van der Waals surface area (Å²) in [7, 11) is 0. The molecule has 0 radical (unpaired) electrons. The van der Waals surface area contributed by atoms with E-state index in [-0.39, 0.29) is 11.8 Å². The number of hydrogen-bond acceptors (Lipinski definition) is 3. The van der Waals surface area contributed by atoms with Gasteiger partial charge in [0.2, 0.25) is 0 Å². The van der Waals surface area contributed by atoms with Gasteiger partial charge in [-0.3, -0.25) is 9.28 Å². The lowest BCUT2D eigenvalue weighted by molar-refractivity contribution is -0.880. The van der Waals surface area contributed by atoms with Gasteiger partial charge in [0.05, 0.1) is 41.8 Å². The molecule has 31 heavy (non-hydrogen) atoms. The number of rotatable bonds is 3. The van der Waals surface area contributed by atoms with Gasteiger partial charge in [-0.05, 0) is 49.1 Å². The Morgan fingerprint density at radius 1 is 1.03 bits per heavy atom. The maximum Gasteiger partial charge on any atom is 0.346 e. The number of nitrogens with zero attached hydrogens (tertiary/aromatic N) is 2. The number of quaternary nitrogens is 1. The summed E-state index contributed by atoms with van der Waals surface area (Å²) in [5.74, 6) is 0.126. The molecule has 2 fully saturated rings. The smallest absolute Gasteiger partial charge is 0.316 e. The first-order valence-corrected chi connectivity index (χ1v) is 11.8. The van der Waals surface area contributed by atoms with Crippen LogP contribution < -0.4 is 10.2 Å². The van der Waals surface area contributed by atoms with Crippen molar-refractivity contribution >= 4 is 29.1 Å². The molecule has 1 N–H and O–H groups in total. The van der Waals surface area contributed by atoms with Crippen LogP contribution in [0.4, 0.5) is 5.69 Å². The molecule has 3 aliphatic heterocycles. The molecular formula is C25H29ClN3O2+. The van der Waals surface area contributed by atoms with Crippen LogP contribution in [0, 0.1) is 0 Å². The minimum absolute atomic E-state index is 0.0922. The van der Waals surface area contributed by atoms with Gasteiger partial charge in [0.25, 0.3) is 5.91 Å². The third-order valence-corrected chi connectivity index (χ3v) is 7.63. The second-order valence-corrected chi connectivity index (χ2v) is 9.45. The summed E-state index contributed by atoms with van der Waals surface area (Å²) in [5, 5.41) is 3.92. The highest BCUT2D eigenvalue weighted by molar-refractivity contribution is 6.35. The predicted molar refractivity (Wildman–Crippen MR) is 122 cm³/mol. The van der Waals surface area contributed by atoms with Crippen molar-refractivity contribution in [2.24, 2.45) is 0 Å². The van der Waals surface area contributed by atoms with Crippen molar-refractivity contribution in [1.82, 2.24) is 5.32 Å². The zero-order valence-electron chi connectivity index (χ0n) is 17.8. The molecule has 6 heteroatoms. The molecule has 5 rings (SSSR count). The van der Waals surface area contributed by atoms with Crippen LogP contribution in [0.15, 0.2) is 42.5 Å². The molecule has 2 aromatic carbocycles. The highest BCUT2D eigenvalue weighted by Crippen LogP contribution is 2.35. The van der Waals surface area contributed by atoms with Crippen LogP contribution in [0.3, 0.4) is 0 Å². The van der Waals surface area contributed by atoms with E-state index in [1.165, 1.54) is 6.42 Å². The Morgan fingerprint density at radius 3 is 2.52 bits per heavy atom. The molecule has 162 valence electrons. The fraction of sp³-hybridized carbons (Fsp3) is 0.440. The number of carbonyl (C=O) groups excluding carboxylic acids is 2. The molecule has 0 aromatic heterocycles. The molecule has 3 aliphatic rings. The minimum atomic E-state index is -0.0922. The van der Waals surface area contributed by atoms with E-state index in [1.54, 1.807) is 11.0 Å². The fourth-order valence-electron chi connectivity index (χ4n) is 5.70. The van der Waals surface area contributed by atoms with Gasteiger partial charge in [-0.15, -0.1) is 0 Å². The first-order valence-electron chi connectivity index (χ1n) is 11.4. The molecule has 2 amide bonds. The molecule has 2 aromatic rings. The average molecular weight is 439 g/mol. The van der Waals surface area contributed by atoms with Crippen LogP contribution in [0.1, 0.15) is 58.4 Å². The molecule has 0 unspecified atom stereocenters. The molecule has 5 nitrogen and oxygen atoms in total. The number of fused-ring (bicyclic) bond motifs is 1. The molecule has 0 bridgehead atoms. The number of hydrogen-bond donors (Lipinski definition) is 1. The van der Waals surface area contributed by atoms with E-state index in [9.17, 15) is 9.59 Å². The molecule has 0 aliphatic carbocycles. The summed E-state index contributed by atoms with van der Waals surface area (Å²) in [5.41, 5.74) is 3.00. The highest BCUT2D eigenvalue weighted by Gasteiger charge is 2.46. The highest BCUT2D eigenvalue weighted by atomic mass is 35.5. The van der Waals surface area contributed by atoms with E-state index < -0.39 is 0 Å². The van der Waals surface area contributed by atoms with Crippen molar-refractivity contribution in [1.29, 1.82) is 0 Å². The van der Waals surface area contributed by atoms with Crippen molar-refractivity contribution < 1.29 is 14.1 Å². The summed E-state index contributed by atoms with van der Waals surface area (Å²) in [6, 6.07) is 13.6. The van der Waals surface area contributed by atoms with Crippen LogP contribution in [0.25, 0.3) is 0 Å². The van der Waals surface area contributed by atoms with Crippen LogP contribution in [0.2, 0.25) is 5.02 Å². The second kappa shape index (κ2) is 8.38. The lowest BCUT2D eigenvalue weighted by atomic mass is 9.94. The quantitative estimate of drug-likeness (QED) is 0.723. The van der Waals surface area contributed by atoms with Gasteiger partial charge in [0.15, 0.2) is 0 Å². The fourth-order valence-corrected chi connectivity index (χ4v) is 5.98. The number of nitrogens with one attached hydrogen (secondary N) is 1. The van der Waals surface area contributed by atoms with Gasteiger partial charge in [0.1, 0.15) is 0 Å². The standard InChI is InChI=1S/C25H29ClN3O2/c26-22-9-5-7-19-17-28(24(30)23(19)22)20-8-4-6-18(16-20)25(31)29(14-2-1-3-15-29)21-10-12-27-13-11-21/h4-9,16,21,27H,1-3,10-15,17H2/q+1. The maximum atomic E-state index is 14.0. The topological polar surface area (TPSA) is 49.4 Å². The molecule has 0 spiro atoms. The van der Waals surface area contributed by atoms with Gasteiger partial charge in [0, 0.05) is 31.6 Å². The van der Waals surface area contributed by atoms with Crippen molar-refractivity contribution in [2.75, 3.05) is 31.1 Å². The van der Waals surface area contributed by atoms with Crippen molar-refractivity contribution in [3.63, 3.8) is 0 Å². The van der Waals surface area contributed by atoms with Gasteiger partial charge in [-0.25, -0.2) is 4.79 Å². The Hall–Kier alpha value is -2.21. The van der Waals surface area contributed by atoms with Gasteiger partial charge < -0.3 is 10.2 Å². The predicted octanol–water partition coefficient (Wildman–Crippen LogP) is 4.39. The Labute approximate surface area is 188 Å². The van der Waals surface area contributed by atoms with Crippen LogP contribution in [-0.2, 0) is 6.54 Å². The molecular weight excluding hydrogens is 410 g/mol.